The highest BCUT2D eigenvalue weighted by atomic mass is 32.1. The molecule has 3 atom stereocenters. The van der Waals surface area contributed by atoms with Gasteiger partial charge in [-0.3, -0.25) is 9.59 Å². The molecule has 1 aliphatic rings. The predicted molar refractivity (Wildman–Crippen MR) is 125 cm³/mol. The number of aromatic nitrogens is 1. The Labute approximate surface area is 195 Å². The largest absolute Gasteiger partial charge is 0.496 e. The molecule has 1 aromatic heterocycles. The van der Waals surface area contributed by atoms with E-state index in [0.29, 0.717) is 16.4 Å². The first-order valence-corrected chi connectivity index (χ1v) is 11.3. The number of nitrogens with zero attached hydrogens (tertiary/aromatic N) is 2. The first kappa shape index (κ1) is 22.5. The fourth-order valence-corrected chi connectivity index (χ4v) is 4.57. The maximum absolute atomic E-state index is 13.5. The van der Waals surface area contributed by atoms with E-state index in [1.165, 1.54) is 11.3 Å². The summed E-state index contributed by atoms with van der Waals surface area (Å²) in [6.07, 6.45) is 1.58. The molecule has 0 saturated carbocycles. The van der Waals surface area contributed by atoms with Crippen LogP contribution in [0.5, 0.6) is 5.75 Å². The van der Waals surface area contributed by atoms with E-state index in [2.05, 4.69) is 15.6 Å². The van der Waals surface area contributed by atoms with Crippen LogP contribution >= 0.6 is 11.3 Å². The van der Waals surface area contributed by atoms with Crippen molar-refractivity contribution in [1.29, 1.82) is 0 Å². The number of benzene rings is 2. The standard InChI is InChI=1S/C24H24N4O4S/c1-14-13-17(9-10-18(14)32-3)19-22(30)28(24(31)26-19)20(15(2)16-7-5-4-6-8-16)21(29)27-23-25-11-12-33-23/h4-13,15,19-20H,1-3H3,(H,26,31)(H,25,27,29)/t15-,19+,20-/m0/s1. The highest BCUT2D eigenvalue weighted by Crippen LogP contribution is 2.32. The van der Waals surface area contributed by atoms with Crippen LogP contribution in [0.2, 0.25) is 0 Å². The third-order valence-corrected chi connectivity index (χ3v) is 6.42. The van der Waals surface area contributed by atoms with Crippen LogP contribution in [-0.2, 0) is 9.59 Å². The van der Waals surface area contributed by atoms with Crippen LogP contribution in [0.4, 0.5) is 9.93 Å². The van der Waals surface area contributed by atoms with Gasteiger partial charge in [-0.2, -0.15) is 0 Å². The minimum absolute atomic E-state index is 0.402. The van der Waals surface area contributed by atoms with E-state index in [9.17, 15) is 14.4 Å². The van der Waals surface area contributed by atoms with Crippen molar-refractivity contribution in [2.45, 2.75) is 31.8 Å². The molecule has 33 heavy (non-hydrogen) atoms. The number of hydrogen-bond donors (Lipinski definition) is 2. The third-order valence-electron chi connectivity index (χ3n) is 5.73. The molecule has 4 rings (SSSR count). The number of aryl methyl sites for hydroxylation is 1. The quantitative estimate of drug-likeness (QED) is 0.517. The Kier molecular flexibility index (Phi) is 6.41. The van der Waals surface area contributed by atoms with Gasteiger partial charge in [0.25, 0.3) is 5.91 Å². The first-order valence-electron chi connectivity index (χ1n) is 10.4. The molecule has 1 saturated heterocycles. The van der Waals surface area contributed by atoms with Gasteiger partial charge in [-0.05, 0) is 35.7 Å². The van der Waals surface area contributed by atoms with Crippen LogP contribution in [0.3, 0.4) is 0 Å². The number of anilines is 1. The summed E-state index contributed by atoms with van der Waals surface area (Å²) in [6, 6.07) is 12.1. The average Bonchev–Trinajstić information content (AvgIpc) is 3.43. The first-order chi connectivity index (χ1) is 15.9. The van der Waals surface area contributed by atoms with E-state index in [1.54, 1.807) is 36.9 Å². The summed E-state index contributed by atoms with van der Waals surface area (Å²) in [6.45, 7) is 3.69. The molecule has 2 N–H and O–H groups in total. The van der Waals surface area contributed by atoms with Gasteiger partial charge < -0.3 is 15.4 Å². The monoisotopic (exact) mass is 464 g/mol. The van der Waals surface area contributed by atoms with Crippen molar-refractivity contribution in [1.82, 2.24) is 15.2 Å². The zero-order valence-corrected chi connectivity index (χ0v) is 19.3. The number of nitrogens with one attached hydrogen (secondary N) is 2. The molecule has 0 unspecified atom stereocenters. The van der Waals surface area contributed by atoms with Crippen molar-refractivity contribution in [2.75, 3.05) is 12.4 Å². The SMILES string of the molecule is COc1ccc([C@H]2NC(=O)N([C@H](C(=O)Nc3nccs3)[C@@H](C)c3ccccc3)C2=O)cc1C. The number of thiazole rings is 1. The van der Waals surface area contributed by atoms with Crippen molar-refractivity contribution >= 4 is 34.3 Å². The van der Waals surface area contributed by atoms with Gasteiger partial charge >= 0.3 is 6.03 Å². The molecule has 0 aliphatic carbocycles. The van der Waals surface area contributed by atoms with Gasteiger partial charge in [0.15, 0.2) is 5.13 Å². The molecule has 2 aromatic carbocycles. The fourth-order valence-electron chi connectivity index (χ4n) is 4.04. The number of urea groups is 1. The fraction of sp³-hybridized carbons (Fsp3) is 0.250. The molecule has 0 radical (unpaired) electrons. The van der Waals surface area contributed by atoms with E-state index in [4.69, 9.17) is 4.74 Å². The van der Waals surface area contributed by atoms with Gasteiger partial charge in [0.1, 0.15) is 17.8 Å². The minimum atomic E-state index is -1.06. The van der Waals surface area contributed by atoms with Crippen molar-refractivity contribution in [3.05, 3.63) is 76.8 Å². The van der Waals surface area contributed by atoms with E-state index in [-0.39, 0.29) is 0 Å². The lowest BCUT2D eigenvalue weighted by Crippen LogP contribution is -2.50. The molecule has 1 aliphatic heterocycles. The van der Waals surface area contributed by atoms with Gasteiger partial charge in [-0.1, -0.05) is 43.3 Å². The Bertz CT molecular complexity index is 1170. The maximum atomic E-state index is 13.5. The van der Waals surface area contributed by atoms with Crippen LogP contribution in [0.15, 0.2) is 60.1 Å². The Morgan fingerprint density at radius 2 is 1.97 bits per heavy atom. The molecule has 4 amide bonds. The topological polar surface area (TPSA) is 101 Å². The highest BCUT2D eigenvalue weighted by molar-refractivity contribution is 7.13. The molecular formula is C24H24N4O4S. The Morgan fingerprint density at radius 1 is 1.21 bits per heavy atom. The summed E-state index contributed by atoms with van der Waals surface area (Å²) in [5.41, 5.74) is 2.30. The number of hydrogen-bond acceptors (Lipinski definition) is 6. The van der Waals surface area contributed by atoms with Gasteiger partial charge in [-0.25, -0.2) is 14.7 Å². The summed E-state index contributed by atoms with van der Waals surface area (Å²) >= 11 is 1.26. The molecule has 8 nitrogen and oxygen atoms in total. The molecule has 9 heteroatoms. The Hall–Kier alpha value is -3.72. The number of amides is 4. The molecule has 3 aromatic rings. The lowest BCUT2D eigenvalue weighted by Gasteiger charge is -2.29. The normalized spacial score (nSPS) is 17.4. The predicted octanol–water partition coefficient (Wildman–Crippen LogP) is 3.86. The van der Waals surface area contributed by atoms with Gasteiger partial charge in [0.2, 0.25) is 5.91 Å². The molecule has 0 spiro atoms. The second-order valence-corrected chi connectivity index (χ2v) is 8.69. The van der Waals surface area contributed by atoms with Crippen LogP contribution in [-0.4, -0.2) is 40.9 Å². The molecule has 0 bridgehead atoms. The van der Waals surface area contributed by atoms with E-state index in [0.717, 1.165) is 16.0 Å². The van der Waals surface area contributed by atoms with E-state index in [1.807, 2.05) is 44.2 Å². The van der Waals surface area contributed by atoms with Crippen molar-refractivity contribution in [2.24, 2.45) is 0 Å². The van der Waals surface area contributed by atoms with Gasteiger partial charge in [0.05, 0.1) is 7.11 Å². The summed E-state index contributed by atoms with van der Waals surface area (Å²) in [5.74, 6) is -0.717. The second-order valence-electron chi connectivity index (χ2n) is 7.79. The van der Waals surface area contributed by atoms with Gasteiger partial charge in [0, 0.05) is 17.5 Å². The van der Waals surface area contributed by atoms with E-state index < -0.39 is 35.8 Å². The smallest absolute Gasteiger partial charge is 0.325 e. The molecule has 1 fully saturated rings. The zero-order valence-electron chi connectivity index (χ0n) is 18.4. The summed E-state index contributed by atoms with van der Waals surface area (Å²) in [4.78, 5) is 45.0. The van der Waals surface area contributed by atoms with Crippen molar-refractivity contribution < 1.29 is 19.1 Å². The maximum Gasteiger partial charge on any atom is 0.325 e. The zero-order chi connectivity index (χ0) is 23.5. The highest BCUT2D eigenvalue weighted by Gasteiger charge is 2.47. The number of imide groups is 1. The van der Waals surface area contributed by atoms with Crippen molar-refractivity contribution in [3.63, 3.8) is 0 Å². The summed E-state index contributed by atoms with van der Waals surface area (Å²) in [5, 5.41) is 7.63. The second kappa shape index (κ2) is 9.41. The van der Waals surface area contributed by atoms with Crippen LogP contribution in [0, 0.1) is 6.92 Å². The molecule has 2 heterocycles. The number of ether oxygens (including phenoxy) is 1. The Balaban J connectivity index is 1.68. The van der Waals surface area contributed by atoms with Crippen molar-refractivity contribution in [3.8, 4) is 5.75 Å². The lowest BCUT2D eigenvalue weighted by atomic mass is 9.91. The average molecular weight is 465 g/mol. The number of methoxy groups -OCH3 is 1. The summed E-state index contributed by atoms with van der Waals surface area (Å²) < 4.78 is 5.29. The number of carbonyl (C=O) groups excluding carboxylic acids is 3. The number of rotatable bonds is 7. The number of carbonyl (C=O) groups is 3. The molecule has 170 valence electrons. The van der Waals surface area contributed by atoms with Crippen LogP contribution in [0.1, 0.15) is 35.6 Å². The molecular weight excluding hydrogens is 440 g/mol. The Morgan fingerprint density at radius 3 is 2.61 bits per heavy atom. The minimum Gasteiger partial charge on any atom is -0.496 e. The van der Waals surface area contributed by atoms with Crippen LogP contribution < -0.4 is 15.4 Å². The third kappa shape index (κ3) is 4.45. The lowest BCUT2D eigenvalue weighted by molar-refractivity contribution is -0.134. The van der Waals surface area contributed by atoms with Crippen LogP contribution in [0.25, 0.3) is 0 Å². The van der Waals surface area contributed by atoms with E-state index >= 15 is 0 Å². The van der Waals surface area contributed by atoms with Gasteiger partial charge in [-0.15, -0.1) is 11.3 Å². The summed E-state index contributed by atoms with van der Waals surface area (Å²) in [7, 11) is 1.57.